The second kappa shape index (κ2) is 4.77. The van der Waals surface area contributed by atoms with Gasteiger partial charge in [0.1, 0.15) is 10.3 Å². The predicted octanol–water partition coefficient (Wildman–Crippen LogP) is 1.73. The Balaban J connectivity index is 3.24. The topological polar surface area (TPSA) is 59.1 Å². The lowest BCUT2D eigenvalue weighted by molar-refractivity contribution is 0.145. The summed E-state index contributed by atoms with van der Waals surface area (Å²) in [5.41, 5.74) is 5.95. The molecule has 0 saturated heterocycles. The van der Waals surface area contributed by atoms with Gasteiger partial charge in [-0.15, -0.1) is 0 Å². The molecule has 0 fully saturated rings. The first kappa shape index (κ1) is 11.5. The second-order valence-corrected chi connectivity index (χ2v) is 3.39. The number of halogens is 3. The number of pyridine rings is 1. The van der Waals surface area contributed by atoms with E-state index in [0.717, 1.165) is 0 Å². The normalized spacial score (nSPS) is 11.0. The molecular weight excluding hydrogens is 258 g/mol. The summed E-state index contributed by atoms with van der Waals surface area (Å²) in [4.78, 5) is 3.60. The van der Waals surface area contributed by atoms with E-state index in [4.69, 9.17) is 10.8 Å². The fourth-order valence-corrected chi connectivity index (χ4v) is 1.66. The van der Waals surface area contributed by atoms with Gasteiger partial charge in [-0.05, 0) is 27.6 Å². The van der Waals surface area contributed by atoms with Crippen LogP contribution in [0.5, 0.6) is 0 Å². The van der Waals surface area contributed by atoms with Crippen LogP contribution in [0.4, 0.5) is 8.78 Å². The van der Waals surface area contributed by atoms with E-state index in [2.05, 4.69) is 20.9 Å². The van der Waals surface area contributed by atoms with Gasteiger partial charge in [-0.3, -0.25) is 0 Å². The lowest BCUT2D eigenvalue weighted by Gasteiger charge is -2.09. The lowest BCUT2D eigenvalue weighted by atomic mass is 10.1. The number of hydrogen-bond acceptors (Lipinski definition) is 3. The number of alkyl halides is 2. The summed E-state index contributed by atoms with van der Waals surface area (Å²) in [6.07, 6.45) is -2.63. The van der Waals surface area contributed by atoms with E-state index in [-0.39, 0.29) is 23.4 Å². The van der Waals surface area contributed by atoms with Crippen LogP contribution in [0.15, 0.2) is 10.7 Å². The number of aliphatic hydroxyl groups is 1. The monoisotopic (exact) mass is 266 g/mol. The highest BCUT2D eigenvalue weighted by Crippen LogP contribution is 2.25. The maximum Gasteiger partial charge on any atom is 0.280 e. The van der Waals surface area contributed by atoms with E-state index in [1.807, 2.05) is 0 Å². The van der Waals surface area contributed by atoms with Gasteiger partial charge in [0.15, 0.2) is 0 Å². The van der Waals surface area contributed by atoms with E-state index >= 15 is 0 Å². The third-order valence-corrected chi connectivity index (χ3v) is 2.44. The lowest BCUT2D eigenvalue weighted by Crippen LogP contribution is -2.06. The van der Waals surface area contributed by atoms with Crippen LogP contribution in [0.3, 0.4) is 0 Å². The summed E-state index contributed by atoms with van der Waals surface area (Å²) in [5.74, 6) is 0. The Hall–Kier alpha value is -0.590. The van der Waals surface area contributed by atoms with E-state index < -0.39 is 6.43 Å². The molecule has 1 heterocycles. The molecule has 3 N–H and O–H groups in total. The second-order valence-electron chi connectivity index (χ2n) is 2.64. The summed E-state index contributed by atoms with van der Waals surface area (Å²) in [5, 5.41) is 8.95. The quantitative estimate of drug-likeness (QED) is 0.820. The molecule has 0 bridgehead atoms. The van der Waals surface area contributed by atoms with Crippen molar-refractivity contribution in [1.29, 1.82) is 0 Å². The molecule has 14 heavy (non-hydrogen) atoms. The highest BCUT2D eigenvalue weighted by Gasteiger charge is 2.14. The number of nitrogens with zero attached hydrogens (tertiary/aromatic N) is 1. The molecule has 1 rings (SSSR count). The molecule has 0 aliphatic heterocycles. The van der Waals surface area contributed by atoms with Crippen LogP contribution in [0.1, 0.15) is 23.2 Å². The van der Waals surface area contributed by atoms with E-state index in [9.17, 15) is 8.78 Å². The Labute approximate surface area is 88.1 Å². The highest BCUT2D eigenvalue weighted by molar-refractivity contribution is 9.10. The van der Waals surface area contributed by atoms with Crippen molar-refractivity contribution in [2.75, 3.05) is 0 Å². The molecule has 0 atom stereocenters. The molecule has 3 nitrogen and oxygen atoms in total. The van der Waals surface area contributed by atoms with E-state index in [1.165, 1.54) is 6.07 Å². The molecule has 78 valence electrons. The van der Waals surface area contributed by atoms with Gasteiger partial charge < -0.3 is 10.8 Å². The van der Waals surface area contributed by atoms with Crippen LogP contribution >= 0.6 is 15.9 Å². The summed E-state index contributed by atoms with van der Waals surface area (Å²) in [6.45, 7) is -0.180. The average Bonchev–Trinajstić information content (AvgIpc) is 2.16. The number of aromatic nitrogens is 1. The van der Waals surface area contributed by atoms with Crippen molar-refractivity contribution in [1.82, 2.24) is 4.98 Å². The number of hydrogen-bond donors (Lipinski definition) is 2. The minimum atomic E-state index is -2.63. The maximum atomic E-state index is 12.3. The number of aliphatic hydroxyl groups excluding tert-OH is 1. The Bertz CT molecular complexity index is 333. The zero-order valence-corrected chi connectivity index (χ0v) is 8.76. The van der Waals surface area contributed by atoms with Gasteiger partial charge in [0.25, 0.3) is 6.43 Å². The Kier molecular flexibility index (Phi) is 3.91. The van der Waals surface area contributed by atoms with Crippen molar-refractivity contribution >= 4 is 15.9 Å². The third-order valence-electron chi connectivity index (χ3n) is 1.79. The maximum absolute atomic E-state index is 12.3. The molecule has 0 amide bonds. The summed E-state index contributed by atoms with van der Waals surface area (Å²) in [6, 6.07) is 1.21. The van der Waals surface area contributed by atoms with Crippen molar-refractivity contribution in [2.24, 2.45) is 5.73 Å². The van der Waals surface area contributed by atoms with Crippen molar-refractivity contribution in [3.63, 3.8) is 0 Å². The number of rotatable bonds is 3. The van der Waals surface area contributed by atoms with Crippen LogP contribution in [0.25, 0.3) is 0 Å². The highest BCUT2D eigenvalue weighted by atomic mass is 79.9. The molecule has 0 unspecified atom stereocenters. The molecule has 1 aromatic rings. The summed E-state index contributed by atoms with van der Waals surface area (Å²) in [7, 11) is 0. The molecule has 0 aromatic carbocycles. The van der Waals surface area contributed by atoms with E-state index in [0.29, 0.717) is 11.1 Å². The van der Waals surface area contributed by atoms with Gasteiger partial charge in [0, 0.05) is 12.1 Å². The zero-order valence-electron chi connectivity index (χ0n) is 7.17. The Morgan fingerprint density at radius 3 is 2.64 bits per heavy atom. The molecule has 1 aromatic heterocycles. The van der Waals surface area contributed by atoms with Gasteiger partial charge in [-0.2, -0.15) is 0 Å². The average molecular weight is 267 g/mol. The molecule has 6 heteroatoms. The van der Waals surface area contributed by atoms with Gasteiger partial charge in [-0.1, -0.05) is 0 Å². The minimum Gasteiger partial charge on any atom is -0.392 e. The first-order valence-electron chi connectivity index (χ1n) is 3.87. The van der Waals surface area contributed by atoms with Gasteiger partial charge in [0.2, 0.25) is 0 Å². The zero-order chi connectivity index (χ0) is 10.7. The third kappa shape index (κ3) is 2.26. The molecule has 0 aliphatic carbocycles. The molecule has 0 spiro atoms. The Morgan fingerprint density at radius 2 is 2.21 bits per heavy atom. The summed E-state index contributed by atoms with van der Waals surface area (Å²) < 4.78 is 24.8. The smallest absolute Gasteiger partial charge is 0.280 e. The molecule has 0 saturated carbocycles. The molecule has 0 radical (unpaired) electrons. The first-order valence-corrected chi connectivity index (χ1v) is 4.66. The van der Waals surface area contributed by atoms with Crippen LogP contribution < -0.4 is 5.73 Å². The van der Waals surface area contributed by atoms with E-state index in [1.54, 1.807) is 0 Å². The predicted molar refractivity (Wildman–Crippen MR) is 50.7 cm³/mol. The van der Waals surface area contributed by atoms with Crippen molar-refractivity contribution in [3.8, 4) is 0 Å². The van der Waals surface area contributed by atoms with Crippen LogP contribution in [-0.2, 0) is 13.2 Å². The Morgan fingerprint density at radius 1 is 1.57 bits per heavy atom. The first-order chi connectivity index (χ1) is 6.60. The summed E-state index contributed by atoms with van der Waals surface area (Å²) >= 11 is 3.01. The SMILES string of the molecule is NCc1cc(C(F)F)nc(Br)c1CO. The van der Waals surface area contributed by atoms with Gasteiger partial charge >= 0.3 is 0 Å². The largest absolute Gasteiger partial charge is 0.392 e. The van der Waals surface area contributed by atoms with Gasteiger partial charge in [0.05, 0.1) is 6.61 Å². The van der Waals surface area contributed by atoms with Gasteiger partial charge in [-0.25, -0.2) is 13.8 Å². The van der Waals surface area contributed by atoms with Crippen LogP contribution in [0.2, 0.25) is 0 Å². The van der Waals surface area contributed by atoms with Crippen molar-refractivity contribution in [3.05, 3.63) is 27.5 Å². The minimum absolute atomic E-state index is 0.0940. The van der Waals surface area contributed by atoms with Crippen LogP contribution in [0, 0.1) is 0 Å². The molecule has 0 aliphatic rings. The fraction of sp³-hybridized carbons (Fsp3) is 0.375. The van der Waals surface area contributed by atoms with Crippen LogP contribution in [-0.4, -0.2) is 10.1 Å². The van der Waals surface area contributed by atoms with Crippen molar-refractivity contribution < 1.29 is 13.9 Å². The standard InChI is InChI=1S/C8H9BrF2N2O/c9-7-5(3-14)4(2-12)1-6(13-7)8(10)11/h1,8,14H,2-3,12H2. The number of nitrogens with two attached hydrogens (primary N) is 1. The molecular formula is C8H9BrF2N2O. The fourth-order valence-electron chi connectivity index (χ4n) is 1.07. The van der Waals surface area contributed by atoms with Crippen molar-refractivity contribution in [2.45, 2.75) is 19.6 Å².